The third-order valence-corrected chi connectivity index (χ3v) is 11.9. The van der Waals surface area contributed by atoms with E-state index in [-0.39, 0.29) is 0 Å². The highest BCUT2D eigenvalue weighted by molar-refractivity contribution is 7.26. The van der Waals surface area contributed by atoms with Crippen molar-refractivity contribution in [1.29, 1.82) is 0 Å². The molecule has 0 amide bonds. The molecule has 8 aromatic carbocycles. The zero-order valence-electron chi connectivity index (χ0n) is 30.2. The highest BCUT2D eigenvalue weighted by Crippen LogP contribution is 2.43. The van der Waals surface area contributed by atoms with E-state index in [1.165, 1.54) is 53.1 Å². The first-order valence-corrected chi connectivity index (χ1v) is 19.6. The van der Waals surface area contributed by atoms with Gasteiger partial charge in [0.1, 0.15) is 0 Å². The average Bonchev–Trinajstić information content (AvgIpc) is 3.83. The summed E-state index contributed by atoms with van der Waals surface area (Å²) in [6.45, 7) is 0. The molecule has 5 heteroatoms. The van der Waals surface area contributed by atoms with Gasteiger partial charge in [-0.25, -0.2) is 15.0 Å². The summed E-state index contributed by atoms with van der Waals surface area (Å²) in [7, 11) is 0. The highest BCUT2D eigenvalue weighted by atomic mass is 32.1. The summed E-state index contributed by atoms with van der Waals surface area (Å²) in [5.74, 6) is 1.96. The molecular formula is C51H32N4S. The Morgan fingerprint density at radius 1 is 0.339 bits per heavy atom. The maximum Gasteiger partial charge on any atom is 0.164 e. The molecule has 11 aromatic rings. The Morgan fingerprint density at radius 3 is 1.48 bits per heavy atom. The molecule has 0 unspecified atom stereocenters. The zero-order valence-corrected chi connectivity index (χ0v) is 31.0. The molecule has 0 atom stereocenters. The number of fused-ring (bicyclic) bond motifs is 7. The molecule has 0 aliphatic rings. The minimum absolute atomic E-state index is 0.649. The molecule has 0 aliphatic carbocycles. The van der Waals surface area contributed by atoms with Crippen molar-refractivity contribution in [3.63, 3.8) is 0 Å². The molecule has 0 saturated heterocycles. The molecular weight excluding hydrogens is 701 g/mol. The van der Waals surface area contributed by atoms with Gasteiger partial charge < -0.3 is 4.57 Å². The Labute approximate surface area is 327 Å². The van der Waals surface area contributed by atoms with E-state index >= 15 is 0 Å². The van der Waals surface area contributed by atoms with E-state index in [1.54, 1.807) is 0 Å². The van der Waals surface area contributed by atoms with Crippen LogP contribution in [0.5, 0.6) is 0 Å². The van der Waals surface area contributed by atoms with E-state index in [0.717, 1.165) is 33.5 Å². The second-order valence-corrected chi connectivity index (χ2v) is 15.1. The lowest BCUT2D eigenvalue weighted by molar-refractivity contribution is 1.07. The molecule has 0 radical (unpaired) electrons. The first-order valence-electron chi connectivity index (χ1n) is 18.8. The summed E-state index contributed by atoms with van der Waals surface area (Å²) < 4.78 is 5.10. The number of hydrogen-bond acceptors (Lipinski definition) is 4. The lowest BCUT2D eigenvalue weighted by Gasteiger charge is -2.11. The van der Waals surface area contributed by atoms with E-state index < -0.39 is 0 Å². The van der Waals surface area contributed by atoms with Crippen LogP contribution in [0.15, 0.2) is 194 Å². The summed E-state index contributed by atoms with van der Waals surface area (Å²) in [6.07, 6.45) is 0. The van der Waals surface area contributed by atoms with Crippen LogP contribution in [-0.2, 0) is 0 Å². The van der Waals surface area contributed by atoms with Gasteiger partial charge in [-0.15, -0.1) is 11.3 Å². The van der Waals surface area contributed by atoms with E-state index in [0.29, 0.717) is 17.5 Å². The third-order valence-electron chi connectivity index (χ3n) is 10.7. The van der Waals surface area contributed by atoms with Crippen molar-refractivity contribution in [2.75, 3.05) is 0 Å². The number of benzene rings is 8. The zero-order chi connectivity index (χ0) is 37.0. The Kier molecular flexibility index (Phi) is 7.64. The van der Waals surface area contributed by atoms with Gasteiger partial charge in [-0.1, -0.05) is 164 Å². The summed E-state index contributed by atoms with van der Waals surface area (Å²) in [5, 5.41) is 5.25. The molecule has 56 heavy (non-hydrogen) atoms. The smallest absolute Gasteiger partial charge is 0.164 e. The maximum atomic E-state index is 4.90. The van der Waals surface area contributed by atoms with Crippen molar-refractivity contribution < 1.29 is 0 Å². The van der Waals surface area contributed by atoms with E-state index in [4.69, 9.17) is 15.0 Å². The Morgan fingerprint density at radius 2 is 0.839 bits per heavy atom. The second-order valence-electron chi connectivity index (χ2n) is 14.0. The average molecular weight is 733 g/mol. The van der Waals surface area contributed by atoms with E-state index in [9.17, 15) is 0 Å². The molecule has 4 nitrogen and oxygen atoms in total. The summed E-state index contributed by atoms with van der Waals surface area (Å²) in [6, 6.07) is 68.6. The van der Waals surface area contributed by atoms with Gasteiger partial charge in [-0.2, -0.15) is 0 Å². The minimum atomic E-state index is 0.649. The van der Waals surface area contributed by atoms with Crippen LogP contribution in [0.3, 0.4) is 0 Å². The van der Waals surface area contributed by atoms with Crippen LogP contribution in [0.1, 0.15) is 0 Å². The monoisotopic (exact) mass is 732 g/mol. The van der Waals surface area contributed by atoms with Crippen molar-refractivity contribution in [1.82, 2.24) is 19.5 Å². The third kappa shape index (κ3) is 5.48. The van der Waals surface area contributed by atoms with Gasteiger partial charge in [0.15, 0.2) is 17.5 Å². The van der Waals surface area contributed by atoms with E-state index in [1.807, 2.05) is 72.0 Å². The van der Waals surface area contributed by atoms with Gasteiger partial charge in [0, 0.05) is 53.3 Å². The fraction of sp³-hybridized carbons (Fsp3) is 0. The van der Waals surface area contributed by atoms with Crippen LogP contribution in [0.2, 0.25) is 0 Å². The van der Waals surface area contributed by atoms with Crippen molar-refractivity contribution >= 4 is 53.3 Å². The number of para-hydroxylation sites is 1. The Balaban J connectivity index is 0.923. The molecule has 11 rings (SSSR count). The first kappa shape index (κ1) is 32.2. The van der Waals surface area contributed by atoms with Gasteiger partial charge in [0.05, 0.1) is 11.0 Å². The van der Waals surface area contributed by atoms with Gasteiger partial charge in [-0.05, 0) is 52.6 Å². The van der Waals surface area contributed by atoms with Gasteiger partial charge in [-0.3, -0.25) is 0 Å². The van der Waals surface area contributed by atoms with Crippen LogP contribution in [0.4, 0.5) is 0 Å². The van der Waals surface area contributed by atoms with Crippen molar-refractivity contribution in [2.24, 2.45) is 0 Å². The van der Waals surface area contributed by atoms with Crippen LogP contribution in [0, 0.1) is 0 Å². The Bertz CT molecular complexity index is 3160. The molecule has 0 spiro atoms. The summed E-state index contributed by atoms with van der Waals surface area (Å²) in [5.41, 5.74) is 11.1. The van der Waals surface area contributed by atoms with Crippen molar-refractivity contribution in [2.45, 2.75) is 0 Å². The molecule has 0 N–H and O–H groups in total. The molecule has 3 heterocycles. The largest absolute Gasteiger partial charge is 0.309 e. The predicted octanol–water partition coefficient (Wildman–Crippen LogP) is 13.7. The quantitative estimate of drug-likeness (QED) is 0.171. The van der Waals surface area contributed by atoms with Crippen LogP contribution in [0.25, 0.3) is 104 Å². The molecule has 0 bridgehead atoms. The summed E-state index contributed by atoms with van der Waals surface area (Å²) >= 11 is 1.89. The fourth-order valence-electron chi connectivity index (χ4n) is 7.94. The molecule has 0 saturated carbocycles. The van der Waals surface area contributed by atoms with Crippen molar-refractivity contribution in [3.05, 3.63) is 194 Å². The van der Waals surface area contributed by atoms with Gasteiger partial charge >= 0.3 is 0 Å². The normalized spacial score (nSPS) is 11.6. The number of thiophene rings is 1. The van der Waals surface area contributed by atoms with Crippen molar-refractivity contribution in [3.8, 4) is 62.1 Å². The number of rotatable bonds is 6. The predicted molar refractivity (Wildman–Crippen MR) is 234 cm³/mol. The number of nitrogens with zero attached hydrogens (tertiary/aromatic N) is 4. The molecule has 0 fully saturated rings. The van der Waals surface area contributed by atoms with Crippen LogP contribution >= 0.6 is 11.3 Å². The Hall–Kier alpha value is -7.21. The minimum Gasteiger partial charge on any atom is -0.309 e. The molecule has 3 aromatic heterocycles. The van der Waals surface area contributed by atoms with Gasteiger partial charge in [0.2, 0.25) is 0 Å². The van der Waals surface area contributed by atoms with Crippen LogP contribution in [-0.4, -0.2) is 19.5 Å². The molecule has 0 aliphatic heterocycles. The topological polar surface area (TPSA) is 43.6 Å². The lowest BCUT2D eigenvalue weighted by atomic mass is 9.99. The highest BCUT2D eigenvalue weighted by Gasteiger charge is 2.18. The maximum absolute atomic E-state index is 4.90. The van der Waals surface area contributed by atoms with Gasteiger partial charge in [0.25, 0.3) is 0 Å². The SMILES string of the molecule is c1ccc(-c2nc(-c3ccccc3)nc(-c3ccc(-c4ccc(-c5cccc(-n6c7ccccc7c7c8sc9ccccc9c8ccc76)c5)cc4)cc3)n2)cc1. The lowest BCUT2D eigenvalue weighted by Crippen LogP contribution is -2.00. The summed E-state index contributed by atoms with van der Waals surface area (Å²) in [4.78, 5) is 14.6. The second kappa shape index (κ2) is 13.3. The number of aromatic nitrogens is 4. The standard InChI is InChI=1S/C51H32N4S/c1-3-12-36(13-4-1)49-52-50(37-14-5-2-6-15-37)54-51(53-49)38-28-26-34(27-29-38)33-22-24-35(25-23-33)39-16-11-17-40(32-39)55-44-20-9-7-19-43(44)47-45(55)31-30-42-41-18-8-10-21-46(41)56-48(42)47/h1-32H. The van der Waals surface area contributed by atoms with Crippen LogP contribution < -0.4 is 0 Å². The fourth-order valence-corrected chi connectivity index (χ4v) is 9.20. The first-order chi connectivity index (χ1) is 27.7. The number of hydrogen-bond donors (Lipinski definition) is 0. The van der Waals surface area contributed by atoms with E-state index in [2.05, 4.69) is 138 Å². The molecule has 262 valence electrons.